The fraction of sp³-hybridized carbons (Fsp3) is 0.0714. The van der Waals surface area contributed by atoms with Crippen LogP contribution in [0.2, 0.25) is 5.02 Å². The van der Waals surface area contributed by atoms with Crippen LogP contribution in [0, 0.1) is 0 Å². The van der Waals surface area contributed by atoms with Crippen molar-refractivity contribution in [1.82, 2.24) is 0 Å². The lowest BCUT2D eigenvalue weighted by Gasteiger charge is -2.05. The van der Waals surface area contributed by atoms with Crippen LogP contribution >= 0.6 is 11.6 Å². The van der Waals surface area contributed by atoms with E-state index in [0.717, 1.165) is 11.3 Å². The molecular formula is C14H14ClN3. The summed E-state index contributed by atoms with van der Waals surface area (Å²) in [6.45, 7) is 0.506. The van der Waals surface area contributed by atoms with Crippen molar-refractivity contribution in [3.05, 3.63) is 65.2 Å². The van der Waals surface area contributed by atoms with Crippen LogP contribution in [0.4, 0.5) is 5.69 Å². The lowest BCUT2D eigenvalue weighted by atomic mass is 10.2. The van der Waals surface area contributed by atoms with Crippen molar-refractivity contribution in [2.45, 2.75) is 6.54 Å². The van der Waals surface area contributed by atoms with Gasteiger partial charge in [0.25, 0.3) is 0 Å². The molecule has 18 heavy (non-hydrogen) atoms. The number of nitrogens with one attached hydrogen (secondary N) is 1. The molecule has 92 valence electrons. The van der Waals surface area contributed by atoms with Crippen LogP contribution in [0.15, 0.2) is 59.6 Å². The van der Waals surface area contributed by atoms with Crippen LogP contribution < -0.4 is 11.1 Å². The predicted molar refractivity (Wildman–Crippen MR) is 76.8 cm³/mol. The highest BCUT2D eigenvalue weighted by Crippen LogP contribution is 2.11. The number of nitrogens with zero attached hydrogens (tertiary/aromatic N) is 1. The van der Waals surface area contributed by atoms with E-state index in [1.807, 2.05) is 54.6 Å². The number of anilines is 1. The quantitative estimate of drug-likeness (QED) is 0.657. The molecule has 3 N–H and O–H groups in total. The van der Waals surface area contributed by atoms with E-state index in [4.69, 9.17) is 17.3 Å². The number of hydrogen-bond donors (Lipinski definition) is 2. The summed E-state index contributed by atoms with van der Waals surface area (Å²) >= 11 is 5.89. The minimum atomic E-state index is 0.390. The summed E-state index contributed by atoms with van der Waals surface area (Å²) in [6, 6.07) is 17.3. The highest BCUT2D eigenvalue weighted by atomic mass is 35.5. The smallest absolute Gasteiger partial charge is 0.193 e. The number of aliphatic imine (C=N–C) groups is 1. The SMILES string of the molecule is NC(=NCc1cccc(Cl)c1)Nc1ccccc1. The van der Waals surface area contributed by atoms with Crippen molar-refractivity contribution in [2.75, 3.05) is 5.32 Å². The zero-order valence-electron chi connectivity index (χ0n) is 9.81. The second-order valence-corrected chi connectivity index (χ2v) is 4.26. The third kappa shape index (κ3) is 3.79. The fourth-order valence-electron chi connectivity index (χ4n) is 1.52. The van der Waals surface area contributed by atoms with Crippen molar-refractivity contribution in [3.8, 4) is 0 Å². The Morgan fingerprint density at radius 2 is 1.89 bits per heavy atom. The first-order valence-corrected chi connectivity index (χ1v) is 5.98. The standard InChI is InChI=1S/C14H14ClN3/c15-12-6-4-5-11(9-12)10-17-14(16)18-13-7-2-1-3-8-13/h1-9H,10H2,(H3,16,17,18). The summed E-state index contributed by atoms with van der Waals surface area (Å²) < 4.78 is 0. The Hall–Kier alpha value is -2.00. The molecule has 0 aliphatic carbocycles. The van der Waals surface area contributed by atoms with Gasteiger partial charge in [0.1, 0.15) is 0 Å². The molecule has 0 fully saturated rings. The summed E-state index contributed by atoms with van der Waals surface area (Å²) in [5, 5.41) is 3.73. The van der Waals surface area contributed by atoms with Crippen LogP contribution in [0.25, 0.3) is 0 Å². The summed E-state index contributed by atoms with van der Waals surface area (Å²) in [4.78, 5) is 4.26. The second kappa shape index (κ2) is 6.07. The monoisotopic (exact) mass is 259 g/mol. The Morgan fingerprint density at radius 1 is 1.11 bits per heavy atom. The van der Waals surface area contributed by atoms with Gasteiger partial charge < -0.3 is 11.1 Å². The Kier molecular flexibility index (Phi) is 4.20. The number of rotatable bonds is 3. The van der Waals surface area contributed by atoms with Crippen molar-refractivity contribution in [3.63, 3.8) is 0 Å². The maximum atomic E-state index is 5.89. The molecule has 2 rings (SSSR count). The molecule has 0 aromatic heterocycles. The third-order valence-corrected chi connectivity index (χ3v) is 2.60. The van der Waals surface area contributed by atoms with E-state index < -0.39 is 0 Å². The number of halogens is 1. The second-order valence-electron chi connectivity index (χ2n) is 3.82. The first-order valence-electron chi connectivity index (χ1n) is 5.60. The van der Waals surface area contributed by atoms with E-state index in [1.165, 1.54) is 0 Å². The lowest BCUT2D eigenvalue weighted by Crippen LogP contribution is -2.22. The first kappa shape index (κ1) is 12.5. The average molecular weight is 260 g/mol. The Bertz CT molecular complexity index is 538. The van der Waals surface area contributed by atoms with E-state index in [0.29, 0.717) is 17.5 Å². The first-order chi connectivity index (χ1) is 8.74. The third-order valence-electron chi connectivity index (χ3n) is 2.37. The van der Waals surface area contributed by atoms with Crippen LogP contribution in [0.5, 0.6) is 0 Å². The number of guanidine groups is 1. The molecule has 0 heterocycles. The Morgan fingerprint density at radius 3 is 2.61 bits per heavy atom. The molecule has 0 aliphatic heterocycles. The van der Waals surface area contributed by atoms with Crippen molar-refractivity contribution in [2.24, 2.45) is 10.7 Å². The molecule has 0 saturated carbocycles. The van der Waals surface area contributed by atoms with Gasteiger partial charge in [0.15, 0.2) is 5.96 Å². The molecule has 0 saturated heterocycles. The Balaban J connectivity index is 1.97. The summed E-state index contributed by atoms with van der Waals surface area (Å²) in [7, 11) is 0. The van der Waals surface area contributed by atoms with Gasteiger partial charge in [0.2, 0.25) is 0 Å². The molecule has 0 aliphatic rings. The topological polar surface area (TPSA) is 50.4 Å². The van der Waals surface area contributed by atoms with Crippen LogP contribution in [0.1, 0.15) is 5.56 Å². The lowest BCUT2D eigenvalue weighted by molar-refractivity contribution is 1.06. The number of nitrogens with two attached hydrogens (primary N) is 1. The van der Waals surface area contributed by atoms with E-state index in [2.05, 4.69) is 10.3 Å². The molecule has 2 aromatic rings. The van der Waals surface area contributed by atoms with Crippen LogP contribution in [-0.4, -0.2) is 5.96 Å². The molecule has 3 nitrogen and oxygen atoms in total. The number of hydrogen-bond acceptors (Lipinski definition) is 1. The minimum Gasteiger partial charge on any atom is -0.370 e. The summed E-state index contributed by atoms with van der Waals surface area (Å²) in [5.41, 5.74) is 7.75. The van der Waals surface area contributed by atoms with E-state index in [1.54, 1.807) is 0 Å². The Labute approximate surface area is 111 Å². The molecule has 0 spiro atoms. The molecular weight excluding hydrogens is 246 g/mol. The maximum absolute atomic E-state index is 5.89. The molecule has 0 radical (unpaired) electrons. The minimum absolute atomic E-state index is 0.390. The zero-order valence-corrected chi connectivity index (χ0v) is 10.6. The molecule has 0 unspecified atom stereocenters. The van der Waals surface area contributed by atoms with Gasteiger partial charge in [0, 0.05) is 10.7 Å². The molecule has 4 heteroatoms. The van der Waals surface area contributed by atoms with E-state index in [9.17, 15) is 0 Å². The number of para-hydroxylation sites is 1. The average Bonchev–Trinajstić information content (AvgIpc) is 2.38. The van der Waals surface area contributed by atoms with Gasteiger partial charge in [-0.25, -0.2) is 4.99 Å². The normalized spacial score (nSPS) is 11.3. The summed E-state index contributed by atoms with van der Waals surface area (Å²) in [6.07, 6.45) is 0. The number of benzene rings is 2. The highest BCUT2D eigenvalue weighted by molar-refractivity contribution is 6.30. The van der Waals surface area contributed by atoms with Gasteiger partial charge in [0.05, 0.1) is 6.54 Å². The van der Waals surface area contributed by atoms with Crippen LogP contribution in [0.3, 0.4) is 0 Å². The van der Waals surface area contributed by atoms with E-state index in [-0.39, 0.29) is 0 Å². The molecule has 2 aromatic carbocycles. The molecule has 0 bridgehead atoms. The predicted octanol–water partition coefficient (Wildman–Crippen LogP) is 3.27. The van der Waals surface area contributed by atoms with Gasteiger partial charge in [-0.3, -0.25) is 0 Å². The zero-order chi connectivity index (χ0) is 12.8. The van der Waals surface area contributed by atoms with Crippen molar-refractivity contribution < 1.29 is 0 Å². The van der Waals surface area contributed by atoms with Crippen molar-refractivity contribution >= 4 is 23.2 Å². The maximum Gasteiger partial charge on any atom is 0.193 e. The fourth-order valence-corrected chi connectivity index (χ4v) is 1.73. The summed E-state index contributed by atoms with van der Waals surface area (Å²) in [5.74, 6) is 0.390. The van der Waals surface area contributed by atoms with Gasteiger partial charge in [-0.15, -0.1) is 0 Å². The highest BCUT2D eigenvalue weighted by Gasteiger charge is 1.95. The van der Waals surface area contributed by atoms with Gasteiger partial charge in [-0.2, -0.15) is 0 Å². The van der Waals surface area contributed by atoms with E-state index >= 15 is 0 Å². The van der Waals surface area contributed by atoms with Gasteiger partial charge >= 0.3 is 0 Å². The molecule has 0 amide bonds. The largest absolute Gasteiger partial charge is 0.370 e. The van der Waals surface area contributed by atoms with Crippen molar-refractivity contribution in [1.29, 1.82) is 0 Å². The molecule has 0 atom stereocenters. The van der Waals surface area contributed by atoms with Gasteiger partial charge in [-0.05, 0) is 29.8 Å². The van der Waals surface area contributed by atoms with Gasteiger partial charge in [-0.1, -0.05) is 41.9 Å². The van der Waals surface area contributed by atoms with Crippen LogP contribution in [-0.2, 0) is 6.54 Å².